The van der Waals surface area contributed by atoms with Crippen LogP contribution in [-0.4, -0.2) is 30.9 Å². The molecule has 2 N–H and O–H groups in total. The number of para-hydroxylation sites is 1. The van der Waals surface area contributed by atoms with Crippen LogP contribution in [0.5, 0.6) is 0 Å². The molecule has 23 heavy (non-hydrogen) atoms. The molecule has 0 atom stereocenters. The smallest absolute Gasteiger partial charge is 0.261 e. The van der Waals surface area contributed by atoms with Crippen molar-refractivity contribution in [2.45, 2.75) is 0 Å². The van der Waals surface area contributed by atoms with Gasteiger partial charge >= 0.3 is 0 Å². The van der Waals surface area contributed by atoms with Gasteiger partial charge in [-0.05, 0) is 12.1 Å². The number of fused-ring (bicyclic) bond motifs is 1. The number of nitrogens with zero attached hydrogens (tertiary/aromatic N) is 4. The first kappa shape index (κ1) is 13.3. The van der Waals surface area contributed by atoms with Gasteiger partial charge in [0.15, 0.2) is 5.76 Å². The number of aryl methyl sites for hydroxylation is 1. The molecule has 8 heteroatoms. The van der Waals surface area contributed by atoms with E-state index in [1.165, 1.54) is 12.5 Å². The molecule has 4 aromatic rings. The molecule has 0 radical (unpaired) electrons. The number of benzene rings is 1. The van der Waals surface area contributed by atoms with Crippen molar-refractivity contribution in [2.75, 3.05) is 5.32 Å². The molecule has 8 nitrogen and oxygen atoms in total. The third-order valence-electron chi connectivity index (χ3n) is 3.49. The summed E-state index contributed by atoms with van der Waals surface area (Å²) < 4.78 is 7.39. The number of hydrogen-bond acceptors (Lipinski definition) is 5. The van der Waals surface area contributed by atoms with Crippen molar-refractivity contribution in [1.29, 1.82) is 0 Å². The van der Waals surface area contributed by atoms with Crippen LogP contribution in [0.1, 0.15) is 10.4 Å². The molecule has 1 amide bonds. The Hall–Kier alpha value is -3.42. The largest absolute Gasteiger partial charge is 0.454 e. The highest BCUT2D eigenvalue weighted by Crippen LogP contribution is 2.28. The van der Waals surface area contributed by atoms with Gasteiger partial charge < -0.3 is 8.98 Å². The van der Waals surface area contributed by atoms with E-state index in [1.807, 2.05) is 30.3 Å². The predicted octanol–water partition coefficient (Wildman–Crippen LogP) is 2.20. The Morgan fingerprint density at radius 1 is 1.35 bits per heavy atom. The minimum atomic E-state index is -0.342. The molecule has 0 saturated heterocycles. The summed E-state index contributed by atoms with van der Waals surface area (Å²) in [7, 11) is 1.74. The van der Waals surface area contributed by atoms with Crippen molar-refractivity contribution in [3.05, 3.63) is 48.4 Å². The van der Waals surface area contributed by atoms with Crippen molar-refractivity contribution in [3.63, 3.8) is 0 Å². The molecular weight excluding hydrogens is 296 g/mol. The number of aromatic nitrogens is 5. The van der Waals surface area contributed by atoms with Gasteiger partial charge in [0.2, 0.25) is 5.95 Å². The maximum absolute atomic E-state index is 12.4. The molecule has 0 unspecified atom stereocenters. The molecule has 0 aliphatic carbocycles. The normalized spacial score (nSPS) is 11.0. The van der Waals surface area contributed by atoms with Crippen LogP contribution in [0.25, 0.3) is 22.4 Å². The molecule has 0 bridgehead atoms. The predicted molar refractivity (Wildman–Crippen MR) is 82.8 cm³/mol. The van der Waals surface area contributed by atoms with Crippen molar-refractivity contribution in [3.8, 4) is 11.5 Å². The second-order valence-corrected chi connectivity index (χ2v) is 5.03. The first-order chi connectivity index (χ1) is 11.2. The molecule has 0 saturated carbocycles. The number of furan rings is 1. The molecule has 114 valence electrons. The third kappa shape index (κ3) is 2.26. The van der Waals surface area contributed by atoms with Crippen LogP contribution in [0, 0.1) is 0 Å². The van der Waals surface area contributed by atoms with E-state index in [1.54, 1.807) is 11.6 Å². The van der Waals surface area contributed by atoms with Gasteiger partial charge in [-0.25, -0.2) is 0 Å². The van der Waals surface area contributed by atoms with Gasteiger partial charge in [-0.15, -0.1) is 10.2 Å². The van der Waals surface area contributed by atoms with Crippen LogP contribution in [0.2, 0.25) is 0 Å². The lowest BCUT2D eigenvalue weighted by molar-refractivity contribution is 0.102. The third-order valence-corrected chi connectivity index (χ3v) is 3.49. The van der Waals surface area contributed by atoms with E-state index < -0.39 is 0 Å². The van der Waals surface area contributed by atoms with E-state index in [9.17, 15) is 4.79 Å². The lowest BCUT2D eigenvalue weighted by atomic mass is 10.2. The van der Waals surface area contributed by atoms with E-state index in [0.29, 0.717) is 23.0 Å². The number of amides is 1. The van der Waals surface area contributed by atoms with Crippen LogP contribution in [-0.2, 0) is 7.05 Å². The quantitative estimate of drug-likeness (QED) is 0.604. The highest BCUT2D eigenvalue weighted by molar-refractivity contribution is 6.07. The van der Waals surface area contributed by atoms with Crippen molar-refractivity contribution in [1.82, 2.24) is 25.0 Å². The van der Waals surface area contributed by atoms with E-state index in [0.717, 1.165) is 11.0 Å². The summed E-state index contributed by atoms with van der Waals surface area (Å²) >= 11 is 0. The molecule has 0 fully saturated rings. The molecule has 3 heterocycles. The number of H-pyrrole nitrogens is 1. The number of anilines is 1. The summed E-state index contributed by atoms with van der Waals surface area (Å²) in [4.78, 5) is 12.4. The topological polar surface area (TPSA) is 102 Å². The monoisotopic (exact) mass is 308 g/mol. The molecular formula is C15H12N6O2. The Labute approximate surface area is 130 Å². The summed E-state index contributed by atoms with van der Waals surface area (Å²) in [6, 6.07) is 9.50. The van der Waals surface area contributed by atoms with Gasteiger partial charge in [-0.3, -0.25) is 15.2 Å². The number of nitrogens with one attached hydrogen (secondary N) is 2. The Bertz CT molecular complexity index is 963. The van der Waals surface area contributed by atoms with Crippen LogP contribution in [0.4, 0.5) is 5.95 Å². The minimum Gasteiger partial charge on any atom is -0.454 e. The maximum Gasteiger partial charge on any atom is 0.261 e. The number of carbonyl (C=O) groups excluding carboxylic acids is 1. The Kier molecular flexibility index (Phi) is 2.94. The van der Waals surface area contributed by atoms with E-state index in [-0.39, 0.29) is 5.91 Å². The van der Waals surface area contributed by atoms with Gasteiger partial charge in [0.25, 0.3) is 5.91 Å². The zero-order valence-corrected chi connectivity index (χ0v) is 12.1. The maximum atomic E-state index is 12.4. The SMILES string of the molecule is Cn1cnnc1NC(=O)c1cn[nH]c1-c1cc2ccccc2o1. The zero-order chi connectivity index (χ0) is 15.8. The van der Waals surface area contributed by atoms with Crippen molar-refractivity contribution in [2.24, 2.45) is 7.05 Å². The Morgan fingerprint density at radius 3 is 3.00 bits per heavy atom. The van der Waals surface area contributed by atoms with Crippen LogP contribution >= 0.6 is 0 Å². The standard InChI is InChI=1S/C15H12N6O2/c1-21-8-17-20-15(21)18-14(22)10-7-16-19-13(10)12-6-9-4-2-3-5-11(9)23-12/h2-8H,1H3,(H,16,19)(H,18,20,22). The molecule has 0 aliphatic heterocycles. The zero-order valence-electron chi connectivity index (χ0n) is 12.1. The van der Waals surface area contributed by atoms with Gasteiger partial charge in [-0.2, -0.15) is 5.10 Å². The fraction of sp³-hybridized carbons (Fsp3) is 0.0667. The van der Waals surface area contributed by atoms with E-state index >= 15 is 0 Å². The lowest BCUT2D eigenvalue weighted by Crippen LogP contribution is -2.15. The highest BCUT2D eigenvalue weighted by atomic mass is 16.3. The minimum absolute atomic E-state index is 0.342. The van der Waals surface area contributed by atoms with E-state index in [4.69, 9.17) is 4.42 Å². The molecule has 0 spiro atoms. The van der Waals surface area contributed by atoms with Crippen LogP contribution in [0.3, 0.4) is 0 Å². The summed E-state index contributed by atoms with van der Waals surface area (Å²) in [5.41, 5.74) is 1.63. The lowest BCUT2D eigenvalue weighted by Gasteiger charge is -2.03. The van der Waals surface area contributed by atoms with Gasteiger partial charge in [0.05, 0.1) is 11.8 Å². The molecule has 1 aromatic carbocycles. The average molecular weight is 308 g/mol. The molecule has 3 aromatic heterocycles. The van der Waals surface area contributed by atoms with Gasteiger partial charge in [0.1, 0.15) is 17.6 Å². The fourth-order valence-electron chi connectivity index (χ4n) is 2.32. The number of aromatic amines is 1. The van der Waals surface area contributed by atoms with E-state index in [2.05, 4.69) is 25.7 Å². The molecule has 4 rings (SSSR count). The average Bonchev–Trinajstić information content (AvgIpc) is 3.26. The Balaban J connectivity index is 1.70. The fourth-order valence-corrected chi connectivity index (χ4v) is 2.32. The number of carbonyl (C=O) groups is 1. The molecule has 0 aliphatic rings. The van der Waals surface area contributed by atoms with Gasteiger partial charge in [-0.1, -0.05) is 18.2 Å². The van der Waals surface area contributed by atoms with Crippen molar-refractivity contribution < 1.29 is 9.21 Å². The van der Waals surface area contributed by atoms with Crippen LogP contribution < -0.4 is 5.32 Å². The number of hydrogen-bond donors (Lipinski definition) is 2. The summed E-state index contributed by atoms with van der Waals surface area (Å²) in [5, 5.41) is 18.0. The first-order valence-corrected chi connectivity index (χ1v) is 6.90. The summed E-state index contributed by atoms with van der Waals surface area (Å²) in [6.45, 7) is 0. The van der Waals surface area contributed by atoms with Crippen molar-refractivity contribution >= 4 is 22.8 Å². The van der Waals surface area contributed by atoms with Gasteiger partial charge in [0, 0.05) is 12.4 Å². The summed E-state index contributed by atoms with van der Waals surface area (Å²) in [5.74, 6) is 0.559. The summed E-state index contributed by atoms with van der Waals surface area (Å²) in [6.07, 6.45) is 2.96. The second kappa shape index (κ2) is 5.09. The highest BCUT2D eigenvalue weighted by Gasteiger charge is 2.19. The Morgan fingerprint density at radius 2 is 2.22 bits per heavy atom. The number of rotatable bonds is 3. The second-order valence-electron chi connectivity index (χ2n) is 5.03. The first-order valence-electron chi connectivity index (χ1n) is 6.90. The van der Waals surface area contributed by atoms with Crippen LogP contribution in [0.15, 0.2) is 47.3 Å².